The summed E-state index contributed by atoms with van der Waals surface area (Å²) in [5.74, 6) is -0.684. The third-order valence-electron chi connectivity index (χ3n) is 3.29. The molecule has 0 saturated carbocycles. The van der Waals surface area contributed by atoms with Crippen LogP contribution in [-0.2, 0) is 12.6 Å². The van der Waals surface area contributed by atoms with Crippen LogP contribution < -0.4 is 4.90 Å². The van der Waals surface area contributed by atoms with Crippen LogP contribution in [0.4, 0.5) is 18.9 Å². The van der Waals surface area contributed by atoms with Crippen LogP contribution in [-0.4, -0.2) is 22.6 Å². The highest BCUT2D eigenvalue weighted by molar-refractivity contribution is 6.07. The summed E-state index contributed by atoms with van der Waals surface area (Å²) in [5.41, 5.74) is 0.0609. The Labute approximate surface area is 112 Å². The lowest BCUT2D eigenvalue weighted by Gasteiger charge is -2.17. The molecule has 104 valence electrons. The Hall–Kier alpha value is -2.31. The van der Waals surface area contributed by atoms with Crippen LogP contribution in [0, 0.1) is 0 Å². The van der Waals surface area contributed by atoms with Gasteiger partial charge in [0.1, 0.15) is 0 Å². The maximum Gasteiger partial charge on any atom is 0.433 e. The molecule has 2 aromatic rings. The second-order valence-electron chi connectivity index (χ2n) is 4.49. The quantitative estimate of drug-likeness (QED) is 0.873. The summed E-state index contributed by atoms with van der Waals surface area (Å²) in [6.45, 7) is 0.376. The number of hydrogen-bond donors (Lipinski definition) is 1. The molecule has 1 aliphatic rings. The lowest BCUT2D eigenvalue weighted by Crippen LogP contribution is -2.30. The summed E-state index contributed by atoms with van der Waals surface area (Å²) in [7, 11) is 0. The zero-order chi connectivity index (χ0) is 14.3. The molecule has 0 aliphatic carbocycles. The van der Waals surface area contributed by atoms with E-state index in [1.807, 2.05) is 17.2 Å². The van der Waals surface area contributed by atoms with Gasteiger partial charge in [-0.25, -0.2) is 0 Å². The van der Waals surface area contributed by atoms with Gasteiger partial charge in [0.25, 0.3) is 5.91 Å². The van der Waals surface area contributed by atoms with Crippen molar-refractivity contribution in [1.29, 1.82) is 0 Å². The zero-order valence-corrected chi connectivity index (χ0v) is 10.2. The van der Waals surface area contributed by atoms with E-state index in [0.29, 0.717) is 18.7 Å². The first-order valence-electron chi connectivity index (χ1n) is 5.99. The summed E-state index contributed by atoms with van der Waals surface area (Å²) in [5, 5.41) is 5.20. The van der Waals surface area contributed by atoms with E-state index in [4.69, 9.17) is 0 Å². The standard InChI is InChI=1S/C13H10F3N3O/c14-13(15,16)11-9(7-17-18-11)12(20)19-6-5-8-3-1-2-4-10(8)19/h1-4,7H,5-6H2,(H,17,18). The normalized spacial score (nSPS) is 14.4. The van der Waals surface area contributed by atoms with E-state index in [9.17, 15) is 18.0 Å². The van der Waals surface area contributed by atoms with Gasteiger partial charge in [0, 0.05) is 12.2 Å². The minimum atomic E-state index is -4.62. The number of rotatable bonds is 1. The van der Waals surface area contributed by atoms with Crippen molar-refractivity contribution in [3.05, 3.63) is 47.3 Å². The number of fused-ring (bicyclic) bond motifs is 1. The van der Waals surface area contributed by atoms with Crippen molar-refractivity contribution >= 4 is 11.6 Å². The van der Waals surface area contributed by atoms with Crippen molar-refractivity contribution < 1.29 is 18.0 Å². The molecule has 0 spiro atoms. The van der Waals surface area contributed by atoms with Crippen LogP contribution in [0.25, 0.3) is 0 Å². The fraction of sp³-hybridized carbons (Fsp3) is 0.231. The van der Waals surface area contributed by atoms with Crippen molar-refractivity contribution in [2.24, 2.45) is 0 Å². The first kappa shape index (κ1) is 12.7. The summed E-state index contributed by atoms with van der Waals surface area (Å²) in [4.78, 5) is 13.7. The summed E-state index contributed by atoms with van der Waals surface area (Å²) in [6, 6.07) is 7.19. The number of anilines is 1. The molecule has 7 heteroatoms. The summed E-state index contributed by atoms with van der Waals surface area (Å²) >= 11 is 0. The van der Waals surface area contributed by atoms with Crippen molar-refractivity contribution in [1.82, 2.24) is 10.2 Å². The highest BCUT2D eigenvalue weighted by Crippen LogP contribution is 2.33. The second kappa shape index (κ2) is 4.36. The largest absolute Gasteiger partial charge is 0.433 e. The lowest BCUT2D eigenvalue weighted by molar-refractivity contribution is -0.141. The third-order valence-corrected chi connectivity index (χ3v) is 3.29. The monoisotopic (exact) mass is 281 g/mol. The summed E-state index contributed by atoms with van der Waals surface area (Å²) < 4.78 is 38.3. The van der Waals surface area contributed by atoms with Crippen LogP contribution in [0.15, 0.2) is 30.5 Å². The number of hydrogen-bond acceptors (Lipinski definition) is 2. The molecule has 0 unspecified atom stereocenters. The van der Waals surface area contributed by atoms with Crippen LogP contribution in [0.1, 0.15) is 21.6 Å². The number of nitrogens with one attached hydrogen (secondary N) is 1. The summed E-state index contributed by atoms with van der Waals surface area (Å²) in [6.07, 6.45) is -3.06. The molecule has 0 radical (unpaired) electrons. The van der Waals surface area contributed by atoms with E-state index in [-0.39, 0.29) is 0 Å². The Morgan fingerprint density at radius 3 is 2.80 bits per heavy atom. The number of carbonyl (C=O) groups excluding carboxylic acids is 1. The molecule has 1 aliphatic heterocycles. The molecular formula is C13H10F3N3O. The van der Waals surface area contributed by atoms with Crippen molar-refractivity contribution in [3.63, 3.8) is 0 Å². The minimum Gasteiger partial charge on any atom is -0.308 e. The molecule has 0 atom stereocenters. The van der Waals surface area contributed by atoms with Crippen molar-refractivity contribution in [2.45, 2.75) is 12.6 Å². The second-order valence-corrected chi connectivity index (χ2v) is 4.49. The molecular weight excluding hydrogens is 271 g/mol. The first-order valence-corrected chi connectivity index (χ1v) is 5.99. The number of para-hydroxylation sites is 1. The van der Waals surface area contributed by atoms with Gasteiger partial charge >= 0.3 is 6.18 Å². The van der Waals surface area contributed by atoms with Crippen LogP contribution in [0.3, 0.4) is 0 Å². The van der Waals surface area contributed by atoms with E-state index in [1.165, 1.54) is 4.90 Å². The lowest BCUT2D eigenvalue weighted by atomic mass is 10.1. The van der Waals surface area contributed by atoms with E-state index < -0.39 is 23.3 Å². The van der Waals surface area contributed by atoms with E-state index in [0.717, 1.165) is 11.8 Å². The maximum absolute atomic E-state index is 12.8. The number of aromatic nitrogens is 2. The predicted molar refractivity (Wildman–Crippen MR) is 65.4 cm³/mol. The molecule has 1 amide bonds. The van der Waals surface area contributed by atoms with Crippen molar-refractivity contribution in [3.8, 4) is 0 Å². The molecule has 0 bridgehead atoms. The fourth-order valence-corrected chi connectivity index (χ4v) is 2.36. The Kier molecular flexibility index (Phi) is 2.77. The van der Waals surface area contributed by atoms with E-state index in [2.05, 4.69) is 5.10 Å². The molecule has 1 aromatic heterocycles. The van der Waals surface area contributed by atoms with Crippen LogP contribution in [0.2, 0.25) is 0 Å². The highest BCUT2D eigenvalue weighted by Gasteiger charge is 2.39. The number of amides is 1. The number of nitrogens with zero attached hydrogens (tertiary/aromatic N) is 2. The number of halogens is 3. The van der Waals surface area contributed by atoms with Gasteiger partial charge in [-0.1, -0.05) is 18.2 Å². The van der Waals surface area contributed by atoms with Gasteiger partial charge in [0.05, 0.1) is 11.8 Å². The average molecular weight is 281 g/mol. The van der Waals surface area contributed by atoms with E-state index >= 15 is 0 Å². The van der Waals surface area contributed by atoms with Gasteiger partial charge in [0.2, 0.25) is 0 Å². The molecule has 4 nitrogen and oxygen atoms in total. The SMILES string of the molecule is O=C(c1cn[nH]c1C(F)(F)F)N1CCc2ccccc21. The molecule has 2 heterocycles. The Morgan fingerprint density at radius 2 is 2.05 bits per heavy atom. The van der Waals surface area contributed by atoms with Gasteiger partial charge in [-0.15, -0.1) is 0 Å². The van der Waals surface area contributed by atoms with Gasteiger partial charge in [-0.3, -0.25) is 9.89 Å². The first-order chi connectivity index (χ1) is 9.48. The number of benzene rings is 1. The number of alkyl halides is 3. The predicted octanol–water partition coefficient (Wildman–Crippen LogP) is 2.63. The Balaban J connectivity index is 1.98. The molecule has 1 N–H and O–H groups in total. The van der Waals surface area contributed by atoms with Crippen LogP contribution in [0.5, 0.6) is 0 Å². The van der Waals surface area contributed by atoms with Gasteiger partial charge in [-0.2, -0.15) is 18.3 Å². The Bertz CT molecular complexity index is 663. The van der Waals surface area contributed by atoms with Gasteiger partial charge < -0.3 is 4.90 Å². The number of carbonyl (C=O) groups is 1. The molecule has 20 heavy (non-hydrogen) atoms. The van der Waals surface area contributed by atoms with E-state index in [1.54, 1.807) is 12.1 Å². The smallest absolute Gasteiger partial charge is 0.308 e. The molecule has 1 aromatic carbocycles. The Morgan fingerprint density at radius 1 is 1.30 bits per heavy atom. The average Bonchev–Trinajstić information content (AvgIpc) is 3.04. The topological polar surface area (TPSA) is 49.0 Å². The van der Waals surface area contributed by atoms with Gasteiger partial charge in [-0.05, 0) is 18.1 Å². The number of aromatic amines is 1. The molecule has 0 fully saturated rings. The third kappa shape index (κ3) is 1.95. The molecule has 3 rings (SSSR count). The maximum atomic E-state index is 12.8. The molecule has 0 saturated heterocycles. The highest BCUT2D eigenvalue weighted by atomic mass is 19.4. The minimum absolute atomic E-state index is 0.376. The zero-order valence-electron chi connectivity index (χ0n) is 10.2. The fourth-order valence-electron chi connectivity index (χ4n) is 2.36. The van der Waals surface area contributed by atoms with Gasteiger partial charge in [0.15, 0.2) is 5.69 Å². The van der Waals surface area contributed by atoms with Crippen molar-refractivity contribution in [2.75, 3.05) is 11.4 Å². The van der Waals surface area contributed by atoms with Crippen LogP contribution >= 0.6 is 0 Å². The number of H-pyrrole nitrogens is 1.